The van der Waals surface area contributed by atoms with Gasteiger partial charge in [-0.2, -0.15) is 9.30 Å². The molecule has 0 unspecified atom stereocenters. The van der Waals surface area contributed by atoms with Crippen molar-refractivity contribution in [1.29, 1.82) is 0 Å². The van der Waals surface area contributed by atoms with Crippen LogP contribution in [-0.4, -0.2) is 49.4 Å². The number of carbonyl (C=O) groups excluding carboxylic acids is 2. The molecule has 164 valence electrons. The summed E-state index contributed by atoms with van der Waals surface area (Å²) in [6.45, 7) is 4.19. The van der Waals surface area contributed by atoms with Gasteiger partial charge in [-0.05, 0) is 36.4 Å². The average Bonchev–Trinajstić information content (AvgIpc) is 3.11. The lowest BCUT2D eigenvalue weighted by Crippen LogP contribution is -2.30. The van der Waals surface area contributed by atoms with Crippen molar-refractivity contribution in [2.75, 3.05) is 20.2 Å². The number of benzene rings is 2. The number of amides is 1. The van der Waals surface area contributed by atoms with Gasteiger partial charge in [0.15, 0.2) is 4.80 Å². The van der Waals surface area contributed by atoms with Crippen molar-refractivity contribution in [3.8, 4) is 0 Å². The van der Waals surface area contributed by atoms with E-state index in [9.17, 15) is 18.0 Å². The van der Waals surface area contributed by atoms with Crippen molar-refractivity contribution in [1.82, 2.24) is 8.87 Å². The van der Waals surface area contributed by atoms with Crippen molar-refractivity contribution in [2.24, 2.45) is 4.99 Å². The number of sulfonamides is 1. The van der Waals surface area contributed by atoms with E-state index < -0.39 is 21.9 Å². The highest BCUT2D eigenvalue weighted by molar-refractivity contribution is 7.89. The summed E-state index contributed by atoms with van der Waals surface area (Å²) >= 11 is 1.28. The highest BCUT2D eigenvalue weighted by Crippen LogP contribution is 2.18. The van der Waals surface area contributed by atoms with Crippen molar-refractivity contribution in [2.45, 2.75) is 25.3 Å². The third-order valence-corrected chi connectivity index (χ3v) is 7.87. The molecule has 3 rings (SSSR count). The fourth-order valence-corrected chi connectivity index (χ4v) is 5.57. The van der Waals surface area contributed by atoms with Crippen molar-refractivity contribution >= 4 is 43.5 Å². The van der Waals surface area contributed by atoms with Crippen LogP contribution in [0.1, 0.15) is 24.2 Å². The second kappa shape index (κ2) is 9.54. The number of esters is 1. The van der Waals surface area contributed by atoms with E-state index in [1.165, 1.54) is 47.0 Å². The van der Waals surface area contributed by atoms with Gasteiger partial charge in [0.2, 0.25) is 10.0 Å². The highest BCUT2D eigenvalue weighted by atomic mass is 32.2. The summed E-state index contributed by atoms with van der Waals surface area (Å²) in [5.41, 5.74) is 1.02. The molecule has 0 aliphatic carbocycles. The molecule has 0 spiro atoms. The van der Waals surface area contributed by atoms with Crippen molar-refractivity contribution in [3.63, 3.8) is 0 Å². The zero-order valence-corrected chi connectivity index (χ0v) is 19.1. The molecule has 0 saturated carbocycles. The molecule has 3 aromatic rings. The van der Waals surface area contributed by atoms with Crippen LogP contribution in [0.25, 0.3) is 10.2 Å². The average molecular weight is 462 g/mol. The first-order valence-corrected chi connectivity index (χ1v) is 11.9. The molecule has 10 heteroatoms. The maximum atomic E-state index is 12.8. The predicted molar refractivity (Wildman–Crippen MR) is 118 cm³/mol. The molecule has 1 heterocycles. The summed E-state index contributed by atoms with van der Waals surface area (Å²) in [4.78, 5) is 29.3. The number of carbonyl (C=O) groups is 2. The van der Waals surface area contributed by atoms with Crippen LogP contribution in [0.15, 0.2) is 58.4 Å². The van der Waals surface area contributed by atoms with Crippen molar-refractivity contribution in [3.05, 3.63) is 58.9 Å². The van der Waals surface area contributed by atoms with Crippen LogP contribution in [0.4, 0.5) is 0 Å². The number of para-hydroxylation sites is 1. The van der Waals surface area contributed by atoms with Crippen LogP contribution < -0.4 is 4.80 Å². The Balaban J connectivity index is 1.98. The quantitative estimate of drug-likeness (QED) is 0.504. The molecule has 31 heavy (non-hydrogen) atoms. The van der Waals surface area contributed by atoms with E-state index in [0.717, 1.165) is 10.2 Å². The van der Waals surface area contributed by atoms with Crippen LogP contribution >= 0.6 is 11.3 Å². The molecule has 8 nitrogen and oxygen atoms in total. The molecule has 1 amide bonds. The fourth-order valence-electron chi connectivity index (χ4n) is 3.09. The summed E-state index contributed by atoms with van der Waals surface area (Å²) in [6.07, 6.45) is 0. The lowest BCUT2D eigenvalue weighted by molar-refractivity contribution is -0.141. The third-order valence-electron chi connectivity index (χ3n) is 4.74. The summed E-state index contributed by atoms with van der Waals surface area (Å²) in [7, 11) is -2.31. The second-order valence-corrected chi connectivity index (χ2v) is 9.49. The van der Waals surface area contributed by atoms with Gasteiger partial charge < -0.3 is 9.30 Å². The second-order valence-electron chi connectivity index (χ2n) is 6.55. The Kier molecular flexibility index (Phi) is 7.04. The van der Waals surface area contributed by atoms with Crippen LogP contribution in [-0.2, 0) is 26.1 Å². The molecule has 1 aromatic heterocycles. The molecule has 0 bridgehead atoms. The summed E-state index contributed by atoms with van der Waals surface area (Å²) in [5.74, 6) is -0.986. The van der Waals surface area contributed by atoms with Gasteiger partial charge >= 0.3 is 5.97 Å². The number of aromatic nitrogens is 1. The van der Waals surface area contributed by atoms with Crippen LogP contribution in [0.5, 0.6) is 0 Å². The summed E-state index contributed by atoms with van der Waals surface area (Å²) in [6, 6.07) is 13.1. The summed E-state index contributed by atoms with van der Waals surface area (Å²) in [5, 5.41) is 0. The van der Waals surface area contributed by atoms with Gasteiger partial charge in [-0.3, -0.25) is 9.59 Å². The molecule has 0 radical (unpaired) electrons. The Morgan fingerprint density at radius 2 is 1.71 bits per heavy atom. The number of rotatable bonds is 7. The number of thiazole rings is 1. The number of nitrogens with zero attached hydrogens (tertiary/aromatic N) is 3. The summed E-state index contributed by atoms with van der Waals surface area (Å²) < 4.78 is 33.8. The van der Waals surface area contributed by atoms with E-state index in [1.807, 2.05) is 24.3 Å². The highest BCUT2D eigenvalue weighted by Gasteiger charge is 2.21. The monoisotopic (exact) mass is 461 g/mol. The number of hydrogen-bond acceptors (Lipinski definition) is 6. The lowest BCUT2D eigenvalue weighted by atomic mass is 10.2. The zero-order valence-electron chi connectivity index (χ0n) is 17.4. The minimum atomic E-state index is -3.61. The minimum absolute atomic E-state index is 0.0757. The molecule has 0 aliphatic heterocycles. The lowest BCUT2D eigenvalue weighted by Gasteiger charge is -2.18. The Hall–Kier alpha value is -2.82. The molecular weight excluding hydrogens is 438 g/mol. The van der Waals surface area contributed by atoms with Gasteiger partial charge in [0, 0.05) is 18.7 Å². The number of ether oxygens (including phenoxy) is 1. The van der Waals surface area contributed by atoms with E-state index in [2.05, 4.69) is 4.99 Å². The zero-order chi connectivity index (χ0) is 22.6. The maximum absolute atomic E-state index is 12.8. The third kappa shape index (κ3) is 4.76. The van der Waals surface area contributed by atoms with Crippen LogP contribution in [0, 0.1) is 0 Å². The Morgan fingerprint density at radius 1 is 1.06 bits per heavy atom. The molecule has 0 saturated heterocycles. The van der Waals surface area contributed by atoms with Gasteiger partial charge in [0.1, 0.15) is 6.54 Å². The number of methoxy groups -OCH3 is 1. The Labute approximate surface area is 184 Å². The molecule has 0 atom stereocenters. The van der Waals surface area contributed by atoms with Crippen LogP contribution in [0.3, 0.4) is 0 Å². The molecule has 2 aromatic carbocycles. The standard InChI is InChI=1S/C21H23N3O5S2/c1-4-23(5-2)31(27,28)16-12-10-15(11-13-16)20(26)22-21-24(14-19(25)29-3)17-8-6-7-9-18(17)30-21/h6-13H,4-5,14H2,1-3H3. The van der Waals surface area contributed by atoms with Crippen molar-refractivity contribution < 1.29 is 22.7 Å². The first-order valence-electron chi connectivity index (χ1n) is 9.66. The predicted octanol–water partition coefficient (Wildman–Crippen LogP) is 2.65. The van der Waals surface area contributed by atoms with E-state index in [0.29, 0.717) is 17.9 Å². The first kappa shape index (κ1) is 22.9. The largest absolute Gasteiger partial charge is 0.468 e. The number of hydrogen-bond donors (Lipinski definition) is 0. The maximum Gasteiger partial charge on any atom is 0.325 e. The van der Waals surface area contributed by atoms with Gasteiger partial charge in [-0.25, -0.2) is 8.42 Å². The fraction of sp³-hybridized carbons (Fsp3) is 0.286. The van der Waals surface area contributed by atoms with Gasteiger partial charge in [-0.15, -0.1) is 0 Å². The van der Waals surface area contributed by atoms with E-state index in [4.69, 9.17) is 4.74 Å². The Morgan fingerprint density at radius 3 is 2.32 bits per heavy atom. The molecule has 0 N–H and O–H groups in total. The van der Waals surface area contributed by atoms with Gasteiger partial charge in [0.05, 0.1) is 22.2 Å². The van der Waals surface area contributed by atoms with Gasteiger partial charge in [-0.1, -0.05) is 37.3 Å². The van der Waals surface area contributed by atoms with E-state index in [-0.39, 0.29) is 17.0 Å². The first-order chi connectivity index (χ1) is 14.8. The molecular formula is C21H23N3O5S2. The normalized spacial score (nSPS) is 12.5. The molecule has 0 fully saturated rings. The topological polar surface area (TPSA) is 98.0 Å². The SMILES string of the molecule is CCN(CC)S(=O)(=O)c1ccc(C(=O)N=c2sc3ccccc3n2CC(=O)OC)cc1. The number of fused-ring (bicyclic) bond motifs is 1. The van der Waals surface area contributed by atoms with E-state index in [1.54, 1.807) is 18.4 Å². The smallest absolute Gasteiger partial charge is 0.325 e. The van der Waals surface area contributed by atoms with E-state index >= 15 is 0 Å². The van der Waals surface area contributed by atoms with Gasteiger partial charge in [0.25, 0.3) is 5.91 Å². The Bertz CT molecular complexity index is 1270. The molecule has 0 aliphatic rings. The minimum Gasteiger partial charge on any atom is -0.468 e. The van der Waals surface area contributed by atoms with Crippen LogP contribution in [0.2, 0.25) is 0 Å².